The van der Waals surface area contributed by atoms with E-state index in [9.17, 15) is 0 Å². The van der Waals surface area contributed by atoms with Gasteiger partial charge in [0.25, 0.3) is 0 Å². The zero-order chi connectivity index (χ0) is 11.8. The van der Waals surface area contributed by atoms with Crippen molar-refractivity contribution in [2.24, 2.45) is 17.3 Å². The second-order valence-corrected chi connectivity index (χ2v) is 5.90. The average molecular weight is 220 g/mol. The third-order valence-electron chi connectivity index (χ3n) is 4.97. The zero-order valence-electron chi connectivity index (χ0n) is 10.6. The molecule has 2 saturated carbocycles. The summed E-state index contributed by atoms with van der Waals surface area (Å²) < 4.78 is 0. The molecule has 2 fully saturated rings. The molecule has 90 valence electrons. The van der Waals surface area contributed by atoms with Crippen LogP contribution >= 0.6 is 0 Å². The molecule has 0 saturated heterocycles. The minimum absolute atomic E-state index is 0.198. The van der Waals surface area contributed by atoms with Crippen LogP contribution in [0.2, 0.25) is 0 Å². The van der Waals surface area contributed by atoms with Gasteiger partial charge in [-0.3, -0.25) is 0 Å². The molecule has 0 amide bonds. The first-order valence-corrected chi connectivity index (χ1v) is 6.53. The SMILES string of the molecule is C=C1[C@H]2CC[C@H](C2)C1(C)CC/C=C(/C)CO. The highest BCUT2D eigenvalue weighted by atomic mass is 16.3. The predicted octanol–water partition coefficient (Wildman–Crippen LogP) is 3.70. The number of hydrogen-bond donors (Lipinski definition) is 1. The van der Waals surface area contributed by atoms with Crippen molar-refractivity contribution < 1.29 is 5.11 Å². The van der Waals surface area contributed by atoms with E-state index in [4.69, 9.17) is 5.11 Å². The quantitative estimate of drug-likeness (QED) is 0.716. The maximum atomic E-state index is 8.96. The van der Waals surface area contributed by atoms with Crippen molar-refractivity contribution >= 4 is 0 Å². The van der Waals surface area contributed by atoms with Gasteiger partial charge in [-0.2, -0.15) is 0 Å². The molecule has 0 aromatic rings. The van der Waals surface area contributed by atoms with Crippen molar-refractivity contribution in [3.63, 3.8) is 0 Å². The van der Waals surface area contributed by atoms with Gasteiger partial charge in [0.05, 0.1) is 6.61 Å². The Morgan fingerprint density at radius 1 is 1.56 bits per heavy atom. The van der Waals surface area contributed by atoms with Crippen LogP contribution in [-0.2, 0) is 0 Å². The van der Waals surface area contributed by atoms with Crippen LogP contribution in [0.25, 0.3) is 0 Å². The van der Waals surface area contributed by atoms with E-state index in [0.717, 1.165) is 23.8 Å². The Morgan fingerprint density at radius 3 is 2.88 bits per heavy atom. The molecule has 1 N–H and O–H groups in total. The van der Waals surface area contributed by atoms with Crippen molar-refractivity contribution in [1.29, 1.82) is 0 Å². The average Bonchev–Trinajstić information content (AvgIpc) is 2.83. The lowest BCUT2D eigenvalue weighted by Crippen LogP contribution is -2.26. The molecule has 1 unspecified atom stereocenters. The van der Waals surface area contributed by atoms with E-state index in [0.29, 0.717) is 5.41 Å². The summed E-state index contributed by atoms with van der Waals surface area (Å²) in [6.45, 7) is 8.94. The molecular weight excluding hydrogens is 196 g/mol. The lowest BCUT2D eigenvalue weighted by Gasteiger charge is -2.36. The Morgan fingerprint density at radius 2 is 2.31 bits per heavy atom. The van der Waals surface area contributed by atoms with Gasteiger partial charge in [-0.1, -0.05) is 30.7 Å². The molecule has 0 heterocycles. The van der Waals surface area contributed by atoms with Gasteiger partial charge >= 0.3 is 0 Å². The van der Waals surface area contributed by atoms with E-state index in [-0.39, 0.29) is 6.61 Å². The zero-order valence-corrected chi connectivity index (χ0v) is 10.6. The van der Waals surface area contributed by atoms with E-state index in [1.165, 1.54) is 31.3 Å². The summed E-state index contributed by atoms with van der Waals surface area (Å²) in [6.07, 6.45) is 8.66. The summed E-state index contributed by atoms with van der Waals surface area (Å²) in [7, 11) is 0. The van der Waals surface area contributed by atoms with Crippen LogP contribution in [0.1, 0.15) is 46.0 Å². The first kappa shape index (κ1) is 11.9. The Hall–Kier alpha value is -0.560. The Kier molecular flexibility index (Phi) is 3.25. The van der Waals surface area contributed by atoms with Gasteiger partial charge in [0.1, 0.15) is 0 Å². The van der Waals surface area contributed by atoms with Crippen molar-refractivity contribution in [2.45, 2.75) is 46.0 Å². The lowest BCUT2D eigenvalue weighted by molar-refractivity contribution is 0.240. The summed E-state index contributed by atoms with van der Waals surface area (Å²) in [6, 6.07) is 0. The third-order valence-corrected chi connectivity index (χ3v) is 4.97. The molecule has 0 radical (unpaired) electrons. The van der Waals surface area contributed by atoms with Crippen LogP contribution in [0.4, 0.5) is 0 Å². The minimum atomic E-state index is 0.198. The lowest BCUT2D eigenvalue weighted by atomic mass is 9.69. The molecule has 2 aliphatic carbocycles. The van der Waals surface area contributed by atoms with Gasteiger partial charge in [0.2, 0.25) is 0 Å². The van der Waals surface area contributed by atoms with Crippen LogP contribution in [0.5, 0.6) is 0 Å². The van der Waals surface area contributed by atoms with Gasteiger partial charge in [-0.15, -0.1) is 0 Å². The Balaban J connectivity index is 1.96. The summed E-state index contributed by atoms with van der Waals surface area (Å²) in [5, 5.41) is 8.96. The molecule has 1 nitrogen and oxygen atoms in total. The van der Waals surface area contributed by atoms with Gasteiger partial charge in [-0.05, 0) is 56.3 Å². The van der Waals surface area contributed by atoms with Crippen molar-refractivity contribution in [2.75, 3.05) is 6.61 Å². The molecule has 0 aromatic carbocycles. The van der Waals surface area contributed by atoms with Crippen LogP contribution < -0.4 is 0 Å². The minimum Gasteiger partial charge on any atom is -0.392 e. The van der Waals surface area contributed by atoms with E-state index >= 15 is 0 Å². The van der Waals surface area contributed by atoms with Crippen molar-refractivity contribution in [1.82, 2.24) is 0 Å². The molecule has 3 atom stereocenters. The van der Waals surface area contributed by atoms with Gasteiger partial charge < -0.3 is 5.11 Å². The Bertz CT molecular complexity index is 315. The second kappa shape index (κ2) is 4.37. The van der Waals surface area contributed by atoms with Crippen LogP contribution in [-0.4, -0.2) is 11.7 Å². The molecule has 0 aromatic heterocycles. The first-order valence-electron chi connectivity index (χ1n) is 6.53. The molecule has 2 bridgehead atoms. The highest BCUT2D eigenvalue weighted by Crippen LogP contribution is 2.60. The predicted molar refractivity (Wildman–Crippen MR) is 68.2 cm³/mol. The summed E-state index contributed by atoms with van der Waals surface area (Å²) in [4.78, 5) is 0. The van der Waals surface area contributed by atoms with Gasteiger partial charge in [-0.25, -0.2) is 0 Å². The fourth-order valence-electron chi connectivity index (χ4n) is 3.65. The maximum absolute atomic E-state index is 8.96. The number of hydrogen-bond acceptors (Lipinski definition) is 1. The number of fused-ring (bicyclic) bond motifs is 2. The highest BCUT2D eigenvalue weighted by molar-refractivity contribution is 5.24. The molecule has 0 spiro atoms. The number of allylic oxidation sites excluding steroid dienone is 2. The maximum Gasteiger partial charge on any atom is 0.0639 e. The monoisotopic (exact) mass is 220 g/mol. The molecular formula is C15H24O. The topological polar surface area (TPSA) is 20.2 Å². The molecule has 2 aliphatic rings. The largest absolute Gasteiger partial charge is 0.392 e. The van der Waals surface area contributed by atoms with E-state index in [1.807, 2.05) is 6.92 Å². The summed E-state index contributed by atoms with van der Waals surface area (Å²) >= 11 is 0. The molecule has 2 rings (SSSR count). The van der Waals surface area contributed by atoms with Crippen LogP contribution in [0.15, 0.2) is 23.8 Å². The number of aliphatic hydroxyl groups is 1. The second-order valence-electron chi connectivity index (χ2n) is 5.90. The summed E-state index contributed by atoms with van der Waals surface area (Å²) in [5.41, 5.74) is 2.99. The number of aliphatic hydroxyl groups excluding tert-OH is 1. The normalized spacial score (nSPS) is 38.4. The molecule has 0 aliphatic heterocycles. The van der Waals surface area contributed by atoms with E-state index in [1.54, 1.807) is 0 Å². The fourth-order valence-corrected chi connectivity index (χ4v) is 3.65. The van der Waals surface area contributed by atoms with Gasteiger partial charge in [0.15, 0.2) is 0 Å². The third kappa shape index (κ3) is 1.86. The van der Waals surface area contributed by atoms with Crippen molar-refractivity contribution in [3.05, 3.63) is 23.8 Å². The van der Waals surface area contributed by atoms with E-state index in [2.05, 4.69) is 19.6 Å². The molecule has 16 heavy (non-hydrogen) atoms. The highest BCUT2D eigenvalue weighted by Gasteiger charge is 2.49. The van der Waals surface area contributed by atoms with Crippen LogP contribution in [0.3, 0.4) is 0 Å². The van der Waals surface area contributed by atoms with E-state index < -0.39 is 0 Å². The fraction of sp³-hybridized carbons (Fsp3) is 0.733. The number of rotatable bonds is 4. The smallest absolute Gasteiger partial charge is 0.0639 e. The standard InChI is InChI=1S/C15H24O/c1-11(10-16)5-4-8-15(3)12(2)13-6-7-14(15)9-13/h5,13-14,16H,2,4,6-10H2,1,3H3/b11-5-/t13-,14+,15?/m0/s1. The summed E-state index contributed by atoms with van der Waals surface area (Å²) in [5.74, 6) is 1.70. The van der Waals surface area contributed by atoms with Gasteiger partial charge in [0, 0.05) is 0 Å². The molecule has 1 heteroatoms. The Labute approximate surface area is 99.3 Å². The van der Waals surface area contributed by atoms with Crippen molar-refractivity contribution in [3.8, 4) is 0 Å². The van der Waals surface area contributed by atoms with Crippen LogP contribution in [0, 0.1) is 17.3 Å². The first-order chi connectivity index (χ1) is 7.58.